The van der Waals surface area contributed by atoms with Crippen LogP contribution in [-0.4, -0.2) is 22.8 Å². The fourth-order valence-corrected chi connectivity index (χ4v) is 2.52. The van der Waals surface area contributed by atoms with E-state index in [9.17, 15) is 14.0 Å². The summed E-state index contributed by atoms with van der Waals surface area (Å²) in [6.07, 6.45) is 0. The number of nitrogens with one attached hydrogen (secondary N) is 1. The van der Waals surface area contributed by atoms with Crippen LogP contribution in [0.2, 0.25) is 0 Å². The molecule has 1 aromatic heterocycles. The van der Waals surface area contributed by atoms with E-state index in [0.29, 0.717) is 17.0 Å². The van der Waals surface area contributed by atoms with Gasteiger partial charge in [0.1, 0.15) is 18.1 Å². The van der Waals surface area contributed by atoms with E-state index in [0.717, 1.165) is 10.2 Å². The third-order valence-electron chi connectivity index (χ3n) is 3.92. The number of benzene rings is 2. The second-order valence-corrected chi connectivity index (χ2v) is 5.85. The number of amides is 1. The van der Waals surface area contributed by atoms with Crippen molar-refractivity contribution in [2.24, 2.45) is 0 Å². The van der Waals surface area contributed by atoms with Gasteiger partial charge in [-0.3, -0.25) is 9.59 Å². The highest BCUT2D eigenvalue weighted by atomic mass is 19.1. The molecule has 1 heterocycles. The van der Waals surface area contributed by atoms with Crippen molar-refractivity contribution >= 4 is 5.91 Å². The van der Waals surface area contributed by atoms with Crippen LogP contribution in [0.4, 0.5) is 4.39 Å². The summed E-state index contributed by atoms with van der Waals surface area (Å²) in [5, 5.41) is 6.90. The maximum atomic E-state index is 13.2. The monoisotopic (exact) mass is 367 g/mol. The van der Waals surface area contributed by atoms with E-state index in [4.69, 9.17) is 4.74 Å². The molecule has 7 heteroatoms. The van der Waals surface area contributed by atoms with E-state index >= 15 is 0 Å². The van der Waals surface area contributed by atoms with Gasteiger partial charge in [-0.25, -0.2) is 9.07 Å². The van der Waals surface area contributed by atoms with E-state index in [2.05, 4.69) is 10.4 Å². The van der Waals surface area contributed by atoms with Crippen molar-refractivity contribution in [2.45, 2.75) is 13.1 Å². The largest absolute Gasteiger partial charge is 0.497 e. The van der Waals surface area contributed by atoms with Crippen LogP contribution >= 0.6 is 0 Å². The Bertz CT molecular complexity index is 1000. The predicted octanol–water partition coefficient (Wildman–Crippen LogP) is 2.37. The molecule has 0 aliphatic heterocycles. The molecule has 0 bridgehead atoms. The maximum Gasteiger partial charge on any atom is 0.267 e. The number of rotatable bonds is 6. The fourth-order valence-electron chi connectivity index (χ4n) is 2.52. The minimum Gasteiger partial charge on any atom is -0.497 e. The van der Waals surface area contributed by atoms with Gasteiger partial charge in [-0.15, -0.1) is 0 Å². The van der Waals surface area contributed by atoms with Crippen LogP contribution < -0.4 is 15.6 Å². The quantitative estimate of drug-likeness (QED) is 0.726. The first kappa shape index (κ1) is 18.3. The standard InChI is InChI=1S/C20H18FN3O3/c1-27-17-7-5-15(6-8-17)18-9-10-20(26)24(23-18)13-19(25)22-12-14-3-2-4-16(21)11-14/h2-11H,12-13H2,1H3,(H,22,25). The van der Waals surface area contributed by atoms with Gasteiger partial charge in [-0.1, -0.05) is 12.1 Å². The lowest BCUT2D eigenvalue weighted by molar-refractivity contribution is -0.122. The highest BCUT2D eigenvalue weighted by Crippen LogP contribution is 2.19. The first-order valence-corrected chi connectivity index (χ1v) is 8.29. The van der Waals surface area contributed by atoms with Crippen molar-refractivity contribution in [3.63, 3.8) is 0 Å². The lowest BCUT2D eigenvalue weighted by Gasteiger charge is -2.09. The van der Waals surface area contributed by atoms with Crippen molar-refractivity contribution in [2.75, 3.05) is 7.11 Å². The number of hydrogen-bond acceptors (Lipinski definition) is 4. The first-order valence-electron chi connectivity index (χ1n) is 8.29. The van der Waals surface area contributed by atoms with Crippen LogP contribution in [0.25, 0.3) is 11.3 Å². The molecule has 3 rings (SSSR count). The number of ether oxygens (including phenoxy) is 1. The zero-order valence-electron chi connectivity index (χ0n) is 14.7. The van der Waals surface area contributed by atoms with Crippen molar-refractivity contribution in [1.29, 1.82) is 0 Å². The first-order chi connectivity index (χ1) is 13.0. The Hall–Kier alpha value is -3.48. The third kappa shape index (κ3) is 4.78. The fraction of sp³-hybridized carbons (Fsp3) is 0.150. The Labute approximate surface area is 155 Å². The van der Waals surface area contributed by atoms with Crippen LogP contribution in [0, 0.1) is 5.82 Å². The maximum absolute atomic E-state index is 13.2. The van der Waals surface area contributed by atoms with Crippen molar-refractivity contribution in [3.8, 4) is 17.0 Å². The number of carbonyl (C=O) groups is 1. The van der Waals surface area contributed by atoms with Crippen molar-refractivity contribution in [3.05, 3.63) is 82.4 Å². The molecular formula is C20H18FN3O3. The van der Waals surface area contributed by atoms with Gasteiger partial charge in [0.05, 0.1) is 12.8 Å². The molecule has 0 atom stereocenters. The summed E-state index contributed by atoms with van der Waals surface area (Å²) in [4.78, 5) is 24.1. The minimum absolute atomic E-state index is 0.170. The number of methoxy groups -OCH3 is 1. The van der Waals surface area contributed by atoms with Crippen LogP contribution in [0.5, 0.6) is 5.75 Å². The zero-order valence-corrected chi connectivity index (χ0v) is 14.7. The van der Waals surface area contributed by atoms with Crippen LogP contribution in [0.3, 0.4) is 0 Å². The van der Waals surface area contributed by atoms with Crippen molar-refractivity contribution in [1.82, 2.24) is 15.1 Å². The molecule has 3 aromatic rings. The van der Waals surface area contributed by atoms with E-state index in [1.807, 2.05) is 12.1 Å². The normalized spacial score (nSPS) is 10.4. The lowest BCUT2D eigenvalue weighted by Crippen LogP contribution is -2.33. The molecule has 27 heavy (non-hydrogen) atoms. The smallest absolute Gasteiger partial charge is 0.267 e. The molecular weight excluding hydrogens is 349 g/mol. The number of aromatic nitrogens is 2. The molecule has 0 saturated heterocycles. The predicted molar refractivity (Wildman–Crippen MR) is 98.7 cm³/mol. The lowest BCUT2D eigenvalue weighted by atomic mass is 10.1. The Morgan fingerprint density at radius 2 is 1.93 bits per heavy atom. The summed E-state index contributed by atoms with van der Waals surface area (Å²) in [5.41, 5.74) is 1.61. The second kappa shape index (κ2) is 8.27. The van der Waals surface area contributed by atoms with E-state index in [1.165, 1.54) is 18.2 Å². The summed E-state index contributed by atoms with van der Waals surface area (Å²) >= 11 is 0. The van der Waals surface area contributed by atoms with Crippen molar-refractivity contribution < 1.29 is 13.9 Å². The molecule has 0 radical (unpaired) electrons. The van der Waals surface area contributed by atoms with E-state index in [-0.39, 0.29) is 30.4 Å². The van der Waals surface area contributed by atoms with Gasteiger partial charge in [0.2, 0.25) is 5.91 Å². The summed E-state index contributed by atoms with van der Waals surface area (Å²) in [5.74, 6) is -0.0450. The van der Waals surface area contributed by atoms with E-state index < -0.39 is 0 Å². The molecule has 1 N–H and O–H groups in total. The molecule has 1 amide bonds. The molecule has 0 spiro atoms. The van der Waals surface area contributed by atoms with Gasteiger partial charge in [0, 0.05) is 18.2 Å². The summed E-state index contributed by atoms with van der Waals surface area (Å²) < 4.78 is 19.4. The van der Waals surface area contributed by atoms with Gasteiger partial charge < -0.3 is 10.1 Å². The third-order valence-corrected chi connectivity index (χ3v) is 3.92. The Morgan fingerprint density at radius 1 is 1.15 bits per heavy atom. The number of hydrogen-bond donors (Lipinski definition) is 1. The summed E-state index contributed by atoms with van der Waals surface area (Å²) in [6, 6.07) is 16.1. The Morgan fingerprint density at radius 3 is 2.63 bits per heavy atom. The number of nitrogens with zero attached hydrogens (tertiary/aromatic N) is 2. The number of carbonyl (C=O) groups excluding carboxylic acids is 1. The average Bonchev–Trinajstić information content (AvgIpc) is 2.68. The van der Waals surface area contributed by atoms with Gasteiger partial charge >= 0.3 is 0 Å². The highest BCUT2D eigenvalue weighted by molar-refractivity contribution is 5.75. The zero-order chi connectivity index (χ0) is 19.2. The average molecular weight is 367 g/mol. The molecule has 0 unspecified atom stereocenters. The SMILES string of the molecule is COc1ccc(-c2ccc(=O)n(CC(=O)NCc3cccc(F)c3)n2)cc1. The van der Waals surface area contributed by atoms with E-state index in [1.54, 1.807) is 37.4 Å². The van der Waals surface area contributed by atoms with Gasteiger partial charge in [0.25, 0.3) is 5.56 Å². The second-order valence-electron chi connectivity index (χ2n) is 5.85. The van der Waals surface area contributed by atoms with Gasteiger partial charge in [-0.2, -0.15) is 5.10 Å². The molecule has 0 saturated carbocycles. The van der Waals surface area contributed by atoms with Gasteiger partial charge in [-0.05, 0) is 48.0 Å². The Balaban J connectivity index is 1.70. The minimum atomic E-state index is -0.388. The van der Waals surface area contributed by atoms with Crippen LogP contribution in [0.15, 0.2) is 65.5 Å². The van der Waals surface area contributed by atoms with Crippen LogP contribution in [0.1, 0.15) is 5.56 Å². The highest BCUT2D eigenvalue weighted by Gasteiger charge is 2.08. The number of halogens is 1. The van der Waals surface area contributed by atoms with Crippen LogP contribution in [-0.2, 0) is 17.9 Å². The summed E-state index contributed by atoms with van der Waals surface area (Å²) in [6.45, 7) is -0.0539. The molecule has 138 valence electrons. The topological polar surface area (TPSA) is 73.2 Å². The molecule has 0 aliphatic carbocycles. The molecule has 0 aliphatic rings. The summed E-state index contributed by atoms with van der Waals surface area (Å²) in [7, 11) is 1.58. The molecule has 0 fully saturated rings. The molecule has 2 aromatic carbocycles. The van der Waals surface area contributed by atoms with Gasteiger partial charge in [0.15, 0.2) is 0 Å². The molecule has 6 nitrogen and oxygen atoms in total. The Kier molecular flexibility index (Phi) is 5.61.